The number of aromatic nitrogens is 2. The maximum atomic E-state index is 13.0. The Morgan fingerprint density at radius 2 is 1.91 bits per heavy atom. The maximum absolute atomic E-state index is 13.0. The highest BCUT2D eigenvalue weighted by atomic mass is 16.6. The molecule has 1 atom stereocenters. The SMILES string of the molecule is CC(C)c1ccc(-n2nc3c4c2CCN(C(=O)OC(C)(C)C)C4CNC(=O)CN3C)cc1. The smallest absolute Gasteiger partial charge is 0.410 e. The van der Waals surface area contributed by atoms with Crippen LogP contribution in [0.15, 0.2) is 24.3 Å². The Labute approximate surface area is 189 Å². The number of anilines is 1. The number of amides is 2. The third-order valence-electron chi connectivity index (χ3n) is 5.97. The Hall–Kier alpha value is -3.03. The van der Waals surface area contributed by atoms with Gasteiger partial charge in [0.1, 0.15) is 5.60 Å². The van der Waals surface area contributed by atoms with Crippen LogP contribution in [0.2, 0.25) is 0 Å². The number of carbonyl (C=O) groups excluding carboxylic acids is 2. The number of hydrogen-bond donors (Lipinski definition) is 1. The molecule has 1 aromatic carbocycles. The van der Waals surface area contributed by atoms with Crippen molar-refractivity contribution in [3.8, 4) is 5.69 Å². The van der Waals surface area contributed by atoms with E-state index in [2.05, 4.69) is 43.4 Å². The van der Waals surface area contributed by atoms with E-state index in [1.807, 2.05) is 37.4 Å². The fraction of sp³-hybridized carbons (Fsp3) is 0.542. The van der Waals surface area contributed by atoms with Crippen molar-refractivity contribution in [3.05, 3.63) is 41.1 Å². The van der Waals surface area contributed by atoms with Crippen molar-refractivity contribution in [2.75, 3.05) is 31.6 Å². The van der Waals surface area contributed by atoms with Crippen LogP contribution in [0.5, 0.6) is 0 Å². The third kappa shape index (κ3) is 4.18. The van der Waals surface area contributed by atoms with Crippen molar-refractivity contribution in [1.82, 2.24) is 20.0 Å². The van der Waals surface area contributed by atoms with Crippen LogP contribution in [0.3, 0.4) is 0 Å². The van der Waals surface area contributed by atoms with Gasteiger partial charge in [-0.1, -0.05) is 26.0 Å². The van der Waals surface area contributed by atoms with Crippen LogP contribution in [0.4, 0.5) is 10.6 Å². The summed E-state index contributed by atoms with van der Waals surface area (Å²) in [6.45, 7) is 11.0. The molecule has 4 rings (SSSR count). The normalized spacial score (nSPS) is 18.7. The number of benzene rings is 1. The van der Waals surface area contributed by atoms with E-state index in [-0.39, 0.29) is 24.6 Å². The number of carbonyl (C=O) groups is 2. The van der Waals surface area contributed by atoms with E-state index in [0.29, 0.717) is 25.4 Å². The van der Waals surface area contributed by atoms with Gasteiger partial charge in [0.2, 0.25) is 5.91 Å². The molecule has 0 saturated carbocycles. The molecule has 1 N–H and O–H groups in total. The summed E-state index contributed by atoms with van der Waals surface area (Å²) in [5.74, 6) is 1.10. The molecule has 32 heavy (non-hydrogen) atoms. The first-order valence-corrected chi connectivity index (χ1v) is 11.2. The number of nitrogens with one attached hydrogen (secondary N) is 1. The van der Waals surface area contributed by atoms with E-state index in [1.54, 1.807) is 4.90 Å². The van der Waals surface area contributed by atoms with E-state index < -0.39 is 5.60 Å². The summed E-state index contributed by atoms with van der Waals surface area (Å²) in [7, 11) is 1.86. The van der Waals surface area contributed by atoms with Gasteiger partial charge in [-0.3, -0.25) is 9.69 Å². The fourth-order valence-corrected chi connectivity index (χ4v) is 4.38. The zero-order chi connectivity index (χ0) is 23.2. The average molecular weight is 440 g/mol. The van der Waals surface area contributed by atoms with Crippen LogP contribution >= 0.6 is 0 Å². The lowest BCUT2D eigenvalue weighted by molar-refractivity contribution is -0.120. The molecule has 0 aliphatic carbocycles. The van der Waals surface area contributed by atoms with Gasteiger partial charge in [-0.25, -0.2) is 9.48 Å². The van der Waals surface area contributed by atoms with Gasteiger partial charge in [-0.15, -0.1) is 5.10 Å². The molecule has 0 spiro atoms. The minimum Gasteiger partial charge on any atom is -0.444 e. The Morgan fingerprint density at radius 1 is 1.22 bits per heavy atom. The van der Waals surface area contributed by atoms with Gasteiger partial charge in [0.25, 0.3) is 0 Å². The number of ether oxygens (including phenoxy) is 1. The summed E-state index contributed by atoms with van der Waals surface area (Å²) >= 11 is 0. The first kappa shape index (κ1) is 22.2. The van der Waals surface area contributed by atoms with Crippen LogP contribution in [0, 0.1) is 0 Å². The van der Waals surface area contributed by atoms with Gasteiger partial charge in [-0.05, 0) is 44.4 Å². The molecule has 2 amide bonds. The summed E-state index contributed by atoms with van der Waals surface area (Å²) in [4.78, 5) is 29.0. The lowest BCUT2D eigenvalue weighted by Crippen LogP contribution is -2.49. The largest absolute Gasteiger partial charge is 0.444 e. The first-order chi connectivity index (χ1) is 15.0. The number of nitrogens with zero attached hydrogens (tertiary/aromatic N) is 4. The molecule has 0 radical (unpaired) electrons. The minimum atomic E-state index is -0.593. The van der Waals surface area contributed by atoms with Gasteiger partial charge in [0.15, 0.2) is 5.82 Å². The molecule has 2 aromatic rings. The molecule has 8 heteroatoms. The molecule has 1 unspecified atom stereocenters. The second-order valence-corrected chi connectivity index (χ2v) is 9.94. The van der Waals surface area contributed by atoms with E-state index in [1.165, 1.54) is 5.56 Å². The summed E-state index contributed by atoms with van der Waals surface area (Å²) in [6.07, 6.45) is 0.289. The predicted octanol–water partition coefficient (Wildman–Crippen LogP) is 3.40. The number of likely N-dealkylation sites (N-methyl/N-ethyl adjacent to an activating group) is 1. The van der Waals surface area contributed by atoms with E-state index in [4.69, 9.17) is 9.84 Å². The fourth-order valence-electron chi connectivity index (χ4n) is 4.38. The summed E-state index contributed by atoms with van der Waals surface area (Å²) in [5, 5.41) is 7.89. The van der Waals surface area contributed by atoms with Crippen molar-refractivity contribution in [1.29, 1.82) is 0 Å². The zero-order valence-electron chi connectivity index (χ0n) is 19.8. The standard InChI is InChI=1S/C24H33N5O3/c1-15(2)16-7-9-17(10-8-16)29-18-11-12-28(23(31)32-24(3,4)5)19-13-25-20(30)14-27(6)22(26-29)21(18)19/h7-10,15,19H,11-14H2,1-6H3,(H,25,30). The lowest BCUT2D eigenvalue weighted by atomic mass is 9.96. The highest BCUT2D eigenvalue weighted by molar-refractivity contribution is 5.82. The highest BCUT2D eigenvalue weighted by Gasteiger charge is 2.40. The number of rotatable bonds is 2. The molecule has 2 aliphatic heterocycles. The summed E-state index contributed by atoms with van der Waals surface area (Å²) in [5.41, 5.74) is 3.72. The van der Waals surface area contributed by atoms with Gasteiger partial charge in [0.05, 0.1) is 24.0 Å². The molecule has 0 fully saturated rings. The van der Waals surface area contributed by atoms with Crippen LogP contribution in [0.25, 0.3) is 5.69 Å². The van der Waals surface area contributed by atoms with Crippen LogP contribution in [-0.4, -0.2) is 59.0 Å². The second-order valence-electron chi connectivity index (χ2n) is 9.94. The molecular weight excluding hydrogens is 406 g/mol. The molecule has 1 aromatic heterocycles. The van der Waals surface area contributed by atoms with Gasteiger partial charge in [0, 0.05) is 32.1 Å². The monoisotopic (exact) mass is 439 g/mol. The van der Waals surface area contributed by atoms with E-state index in [0.717, 1.165) is 22.8 Å². The molecule has 0 bridgehead atoms. The molecule has 0 saturated heterocycles. The molecular formula is C24H33N5O3. The second kappa shape index (κ2) is 8.15. The van der Waals surface area contributed by atoms with Crippen LogP contribution < -0.4 is 10.2 Å². The Kier molecular flexibility index (Phi) is 5.65. The van der Waals surface area contributed by atoms with Crippen molar-refractivity contribution in [2.45, 2.75) is 58.6 Å². The van der Waals surface area contributed by atoms with Crippen LogP contribution in [0.1, 0.15) is 63.4 Å². The Balaban J connectivity index is 1.79. The van der Waals surface area contributed by atoms with Crippen molar-refractivity contribution in [3.63, 3.8) is 0 Å². The zero-order valence-corrected chi connectivity index (χ0v) is 19.8. The molecule has 8 nitrogen and oxygen atoms in total. The lowest BCUT2D eigenvalue weighted by Gasteiger charge is -2.38. The predicted molar refractivity (Wildman–Crippen MR) is 123 cm³/mol. The highest BCUT2D eigenvalue weighted by Crippen LogP contribution is 2.39. The minimum absolute atomic E-state index is 0.0924. The average Bonchev–Trinajstić information content (AvgIpc) is 3.09. The summed E-state index contributed by atoms with van der Waals surface area (Å²) < 4.78 is 7.65. The molecule has 172 valence electrons. The first-order valence-electron chi connectivity index (χ1n) is 11.2. The topological polar surface area (TPSA) is 79.7 Å². The van der Waals surface area contributed by atoms with Gasteiger partial charge in [-0.2, -0.15) is 0 Å². The van der Waals surface area contributed by atoms with E-state index >= 15 is 0 Å². The van der Waals surface area contributed by atoms with Gasteiger partial charge < -0.3 is 15.0 Å². The summed E-state index contributed by atoms with van der Waals surface area (Å²) in [6, 6.07) is 8.11. The van der Waals surface area contributed by atoms with Crippen molar-refractivity contribution < 1.29 is 14.3 Å². The Morgan fingerprint density at radius 3 is 2.53 bits per heavy atom. The van der Waals surface area contributed by atoms with E-state index in [9.17, 15) is 9.59 Å². The number of hydrogen-bond acceptors (Lipinski definition) is 5. The quantitative estimate of drug-likeness (QED) is 0.776. The maximum Gasteiger partial charge on any atom is 0.410 e. The Bertz CT molecular complexity index is 1020. The van der Waals surface area contributed by atoms with Gasteiger partial charge >= 0.3 is 6.09 Å². The molecule has 2 aliphatic rings. The molecule has 3 heterocycles. The van der Waals surface area contributed by atoms with Crippen LogP contribution in [-0.2, 0) is 16.0 Å². The van der Waals surface area contributed by atoms with Crippen molar-refractivity contribution in [2.24, 2.45) is 0 Å². The van der Waals surface area contributed by atoms with Crippen molar-refractivity contribution >= 4 is 17.8 Å². The third-order valence-corrected chi connectivity index (χ3v) is 5.97.